The molecule has 0 fully saturated rings. The summed E-state index contributed by atoms with van der Waals surface area (Å²) in [5, 5.41) is 0. The Morgan fingerprint density at radius 1 is 1.50 bits per heavy atom. The van der Waals surface area contributed by atoms with E-state index in [1.165, 1.54) is 0 Å². The molecule has 0 N–H and O–H groups in total. The third-order valence-corrected chi connectivity index (χ3v) is 3.18. The zero-order valence-electron chi connectivity index (χ0n) is 5.84. The van der Waals surface area contributed by atoms with Crippen LogP contribution in [0.25, 0.3) is 0 Å². The van der Waals surface area contributed by atoms with E-state index in [2.05, 4.69) is 0 Å². The minimum Gasteiger partial charge on any atom is -0.371 e. The first-order valence-corrected chi connectivity index (χ1v) is 5.23. The van der Waals surface area contributed by atoms with Gasteiger partial charge in [0.1, 0.15) is 5.44 Å². The van der Waals surface area contributed by atoms with Crippen molar-refractivity contribution in [2.75, 3.05) is 19.6 Å². The van der Waals surface area contributed by atoms with Crippen molar-refractivity contribution >= 4 is 9.93 Å². The molecule has 0 aromatic rings. The standard InChI is InChI=1S/C5H14O2S/c1-5(7-2)8(3,4)6/h5,8H,1-4H3. The van der Waals surface area contributed by atoms with Crippen molar-refractivity contribution in [1.82, 2.24) is 0 Å². The smallest absolute Gasteiger partial charge is 0.106 e. The van der Waals surface area contributed by atoms with Crippen molar-refractivity contribution < 1.29 is 8.95 Å². The van der Waals surface area contributed by atoms with Crippen LogP contribution in [-0.4, -0.2) is 29.3 Å². The Bertz CT molecular complexity index is 105. The van der Waals surface area contributed by atoms with E-state index in [-0.39, 0.29) is 5.44 Å². The summed E-state index contributed by atoms with van der Waals surface area (Å²) in [4.78, 5) is 0. The van der Waals surface area contributed by atoms with Crippen LogP contribution in [0, 0.1) is 0 Å². The fourth-order valence-corrected chi connectivity index (χ4v) is 0.762. The van der Waals surface area contributed by atoms with Crippen LogP contribution in [0.15, 0.2) is 0 Å². The van der Waals surface area contributed by atoms with Crippen molar-refractivity contribution in [2.24, 2.45) is 0 Å². The van der Waals surface area contributed by atoms with E-state index in [4.69, 9.17) is 4.74 Å². The molecule has 1 atom stereocenters. The number of ether oxygens (including phenoxy) is 1. The van der Waals surface area contributed by atoms with Crippen LogP contribution in [0.2, 0.25) is 0 Å². The van der Waals surface area contributed by atoms with Gasteiger partial charge in [-0.3, -0.25) is 4.21 Å². The topological polar surface area (TPSA) is 26.3 Å². The van der Waals surface area contributed by atoms with Gasteiger partial charge in [0.15, 0.2) is 0 Å². The van der Waals surface area contributed by atoms with Gasteiger partial charge >= 0.3 is 0 Å². The van der Waals surface area contributed by atoms with Crippen LogP contribution in [0.1, 0.15) is 6.92 Å². The summed E-state index contributed by atoms with van der Waals surface area (Å²) < 4.78 is 15.9. The van der Waals surface area contributed by atoms with Gasteiger partial charge in [-0.1, -0.05) is 9.93 Å². The average molecular weight is 138 g/mol. The molecule has 0 saturated heterocycles. The molecule has 0 spiro atoms. The van der Waals surface area contributed by atoms with Crippen molar-refractivity contribution in [1.29, 1.82) is 0 Å². The molecule has 2 nitrogen and oxygen atoms in total. The Balaban J connectivity index is 3.82. The summed E-state index contributed by atoms with van der Waals surface area (Å²) in [5.41, 5.74) is -0.0949. The maximum Gasteiger partial charge on any atom is 0.106 e. The molecule has 0 bridgehead atoms. The normalized spacial score (nSPS) is 18.0. The number of hydrogen-bond donors (Lipinski definition) is 1. The maximum atomic E-state index is 11.0. The first kappa shape index (κ1) is 8.11. The second-order valence-electron chi connectivity index (χ2n) is 2.27. The second kappa shape index (κ2) is 2.60. The van der Waals surface area contributed by atoms with Crippen molar-refractivity contribution in [3.8, 4) is 0 Å². The Morgan fingerprint density at radius 2 is 1.88 bits per heavy atom. The van der Waals surface area contributed by atoms with Gasteiger partial charge in [0, 0.05) is 7.11 Å². The highest BCUT2D eigenvalue weighted by atomic mass is 32.2. The molecule has 0 aromatic heterocycles. The Labute approximate surface area is 51.7 Å². The van der Waals surface area contributed by atoms with E-state index in [1.54, 1.807) is 19.6 Å². The molecule has 3 heteroatoms. The predicted octanol–water partition coefficient (Wildman–Crippen LogP) is 0.255. The minimum atomic E-state index is -1.98. The highest BCUT2D eigenvalue weighted by Crippen LogP contribution is 2.03. The zero-order valence-corrected chi connectivity index (χ0v) is 6.74. The molecule has 0 saturated carbocycles. The van der Waals surface area contributed by atoms with Crippen LogP contribution in [-0.2, 0) is 14.7 Å². The molecular weight excluding hydrogens is 124 g/mol. The quantitative estimate of drug-likeness (QED) is 0.554. The summed E-state index contributed by atoms with van der Waals surface area (Å²) in [5.74, 6) is 0. The summed E-state index contributed by atoms with van der Waals surface area (Å²) in [6.45, 7) is 1.82. The molecule has 0 heterocycles. The minimum absolute atomic E-state index is 0.0949. The Hall–Kier alpha value is 0.110. The number of thiol groups is 1. The van der Waals surface area contributed by atoms with Gasteiger partial charge < -0.3 is 4.74 Å². The molecule has 1 unspecified atom stereocenters. The number of hydrogen-bond acceptors (Lipinski definition) is 2. The first-order chi connectivity index (χ1) is 3.48. The van der Waals surface area contributed by atoms with Gasteiger partial charge in [0.25, 0.3) is 0 Å². The predicted molar refractivity (Wildman–Crippen MR) is 37.9 cm³/mol. The number of rotatable bonds is 2. The first-order valence-electron chi connectivity index (χ1n) is 2.56. The maximum absolute atomic E-state index is 11.0. The summed E-state index contributed by atoms with van der Waals surface area (Å²) >= 11 is 0. The van der Waals surface area contributed by atoms with Crippen molar-refractivity contribution in [3.05, 3.63) is 0 Å². The SMILES string of the molecule is COC(C)[SH](C)(C)=O. The highest BCUT2D eigenvalue weighted by molar-refractivity contribution is 8.02. The molecular formula is C5H14O2S. The number of methoxy groups -OCH3 is 1. The molecule has 0 amide bonds. The van der Waals surface area contributed by atoms with E-state index in [1.807, 2.05) is 6.92 Å². The molecule has 0 rings (SSSR count). The lowest BCUT2D eigenvalue weighted by molar-refractivity contribution is 0.181. The Morgan fingerprint density at radius 3 is 1.88 bits per heavy atom. The second-order valence-corrected chi connectivity index (χ2v) is 5.86. The summed E-state index contributed by atoms with van der Waals surface area (Å²) in [6, 6.07) is 0. The summed E-state index contributed by atoms with van der Waals surface area (Å²) in [7, 11) is -0.405. The van der Waals surface area contributed by atoms with Gasteiger partial charge in [-0.2, -0.15) is 0 Å². The van der Waals surface area contributed by atoms with E-state index in [0.717, 1.165) is 0 Å². The fraction of sp³-hybridized carbons (Fsp3) is 1.00. The van der Waals surface area contributed by atoms with Gasteiger partial charge in [-0.15, -0.1) is 0 Å². The average Bonchev–Trinajstić information content (AvgIpc) is 1.62. The highest BCUT2D eigenvalue weighted by Gasteiger charge is 2.09. The molecule has 0 aliphatic heterocycles. The lowest BCUT2D eigenvalue weighted by Gasteiger charge is -2.18. The van der Waals surface area contributed by atoms with Crippen molar-refractivity contribution in [2.45, 2.75) is 12.4 Å². The van der Waals surface area contributed by atoms with Crippen molar-refractivity contribution in [3.63, 3.8) is 0 Å². The van der Waals surface area contributed by atoms with E-state index >= 15 is 0 Å². The van der Waals surface area contributed by atoms with E-state index < -0.39 is 9.93 Å². The van der Waals surface area contributed by atoms with E-state index in [0.29, 0.717) is 0 Å². The molecule has 0 aromatic carbocycles. The van der Waals surface area contributed by atoms with Gasteiger partial charge in [-0.05, 0) is 19.4 Å². The van der Waals surface area contributed by atoms with Crippen LogP contribution < -0.4 is 0 Å². The Kier molecular flexibility index (Phi) is 2.63. The van der Waals surface area contributed by atoms with Crippen LogP contribution >= 0.6 is 0 Å². The zero-order chi connectivity index (χ0) is 6.78. The monoisotopic (exact) mass is 138 g/mol. The molecule has 8 heavy (non-hydrogen) atoms. The third-order valence-electron chi connectivity index (χ3n) is 1.22. The molecule has 0 aliphatic rings. The molecule has 0 aliphatic carbocycles. The van der Waals surface area contributed by atoms with Gasteiger partial charge in [-0.25, -0.2) is 0 Å². The van der Waals surface area contributed by atoms with Crippen LogP contribution in [0.5, 0.6) is 0 Å². The lowest BCUT2D eigenvalue weighted by atomic mass is 10.9. The van der Waals surface area contributed by atoms with Gasteiger partial charge in [0.2, 0.25) is 0 Å². The summed E-state index contributed by atoms with van der Waals surface area (Å²) in [6.07, 6.45) is 3.45. The largest absolute Gasteiger partial charge is 0.371 e. The third kappa shape index (κ3) is 2.43. The molecule has 52 valence electrons. The van der Waals surface area contributed by atoms with Gasteiger partial charge in [0.05, 0.1) is 0 Å². The fourth-order valence-electron chi connectivity index (χ4n) is 0.254. The van der Waals surface area contributed by atoms with Crippen LogP contribution in [0.4, 0.5) is 0 Å². The molecule has 0 radical (unpaired) electrons. The van der Waals surface area contributed by atoms with E-state index in [9.17, 15) is 4.21 Å². The van der Waals surface area contributed by atoms with Crippen LogP contribution in [0.3, 0.4) is 0 Å². The lowest BCUT2D eigenvalue weighted by Crippen LogP contribution is -2.23.